The molecule has 0 aliphatic carbocycles. The van der Waals surface area contributed by atoms with E-state index in [0.29, 0.717) is 16.4 Å². The van der Waals surface area contributed by atoms with Crippen LogP contribution in [0, 0.1) is 0 Å². The molecule has 0 radical (unpaired) electrons. The molecule has 0 amide bonds. The Morgan fingerprint density at radius 3 is 2.93 bits per heavy atom. The Morgan fingerprint density at radius 1 is 1.47 bits per heavy atom. The maximum absolute atomic E-state index is 11.5. The molecule has 1 aliphatic rings. The molecular weight excluding hydrogens is 216 g/mol. The van der Waals surface area contributed by atoms with Gasteiger partial charge in [0.25, 0.3) is 0 Å². The monoisotopic (exact) mass is 224 g/mol. The molecule has 0 atom stereocenters. The topological polar surface area (TPSA) is 35.5 Å². The van der Waals surface area contributed by atoms with Crippen LogP contribution in [0.2, 0.25) is 5.02 Å². The van der Waals surface area contributed by atoms with Crippen LogP contribution in [-0.2, 0) is 14.3 Å². The van der Waals surface area contributed by atoms with Crippen molar-refractivity contribution in [2.24, 2.45) is 0 Å². The van der Waals surface area contributed by atoms with Crippen LogP contribution in [0.25, 0.3) is 5.57 Å². The third-order valence-corrected chi connectivity index (χ3v) is 2.41. The van der Waals surface area contributed by atoms with Crippen molar-refractivity contribution in [1.82, 2.24) is 0 Å². The lowest BCUT2D eigenvalue weighted by Gasteiger charge is -2.02. The zero-order valence-electron chi connectivity index (χ0n) is 8.12. The van der Waals surface area contributed by atoms with Crippen molar-refractivity contribution in [2.75, 3.05) is 13.7 Å². The molecule has 0 N–H and O–H groups in total. The number of carbonyl (C=O) groups is 1. The fourth-order valence-corrected chi connectivity index (χ4v) is 1.66. The van der Waals surface area contributed by atoms with Crippen molar-refractivity contribution in [3.05, 3.63) is 40.6 Å². The maximum Gasteiger partial charge on any atom is 0.342 e. The molecule has 0 unspecified atom stereocenters. The summed E-state index contributed by atoms with van der Waals surface area (Å²) in [6, 6.07) is 7.04. The first kappa shape index (κ1) is 10.1. The first-order valence-corrected chi connectivity index (χ1v) is 4.80. The largest absolute Gasteiger partial charge is 0.497 e. The molecule has 2 rings (SSSR count). The maximum atomic E-state index is 11.5. The SMILES string of the molecule is COC1=C(c2cccc(Cl)c2)C(=O)OC1. The minimum Gasteiger partial charge on any atom is -0.497 e. The van der Waals surface area contributed by atoms with Crippen LogP contribution in [0.1, 0.15) is 5.56 Å². The Kier molecular flexibility index (Phi) is 2.64. The van der Waals surface area contributed by atoms with E-state index in [1.54, 1.807) is 24.3 Å². The Morgan fingerprint density at radius 2 is 2.27 bits per heavy atom. The van der Waals surface area contributed by atoms with E-state index < -0.39 is 0 Å². The van der Waals surface area contributed by atoms with E-state index in [-0.39, 0.29) is 12.6 Å². The van der Waals surface area contributed by atoms with Gasteiger partial charge in [-0.05, 0) is 17.7 Å². The Hall–Kier alpha value is -1.48. The second kappa shape index (κ2) is 3.95. The Bertz CT molecular complexity index is 437. The van der Waals surface area contributed by atoms with Gasteiger partial charge in [0.05, 0.1) is 7.11 Å². The van der Waals surface area contributed by atoms with Crippen LogP contribution in [-0.4, -0.2) is 19.7 Å². The fraction of sp³-hybridized carbons (Fsp3) is 0.182. The smallest absolute Gasteiger partial charge is 0.342 e. The highest BCUT2D eigenvalue weighted by atomic mass is 35.5. The van der Waals surface area contributed by atoms with Crippen LogP contribution < -0.4 is 0 Å². The number of cyclic esters (lactones) is 1. The number of hydrogen-bond acceptors (Lipinski definition) is 3. The second-order valence-electron chi connectivity index (χ2n) is 3.09. The van der Waals surface area contributed by atoms with E-state index in [2.05, 4.69) is 0 Å². The third kappa shape index (κ3) is 1.83. The van der Waals surface area contributed by atoms with Gasteiger partial charge in [-0.2, -0.15) is 0 Å². The van der Waals surface area contributed by atoms with Crippen LogP contribution in [0.5, 0.6) is 0 Å². The molecule has 0 fully saturated rings. The fourth-order valence-electron chi connectivity index (χ4n) is 1.47. The van der Waals surface area contributed by atoms with Crippen molar-refractivity contribution in [3.63, 3.8) is 0 Å². The summed E-state index contributed by atoms with van der Waals surface area (Å²) in [5.41, 5.74) is 1.18. The van der Waals surface area contributed by atoms with Gasteiger partial charge in [0.1, 0.15) is 17.9 Å². The molecule has 1 aromatic rings. The number of rotatable bonds is 2. The van der Waals surface area contributed by atoms with Crippen LogP contribution in [0.4, 0.5) is 0 Å². The lowest BCUT2D eigenvalue weighted by molar-refractivity contribution is -0.134. The van der Waals surface area contributed by atoms with Gasteiger partial charge in [-0.15, -0.1) is 0 Å². The molecule has 4 heteroatoms. The summed E-state index contributed by atoms with van der Waals surface area (Å²) in [5.74, 6) is 0.177. The molecule has 0 saturated heterocycles. The summed E-state index contributed by atoms with van der Waals surface area (Å²) in [6.45, 7) is 0.192. The highest BCUT2D eigenvalue weighted by Gasteiger charge is 2.27. The minimum absolute atomic E-state index is 0.192. The van der Waals surface area contributed by atoms with E-state index in [1.807, 2.05) is 0 Å². The van der Waals surface area contributed by atoms with Gasteiger partial charge in [0.2, 0.25) is 0 Å². The number of hydrogen-bond donors (Lipinski definition) is 0. The summed E-state index contributed by atoms with van der Waals surface area (Å²) in [7, 11) is 1.52. The lowest BCUT2D eigenvalue weighted by Crippen LogP contribution is -1.98. The van der Waals surface area contributed by atoms with E-state index in [4.69, 9.17) is 21.1 Å². The predicted octanol–water partition coefficient (Wildman–Crippen LogP) is 2.25. The Labute approximate surface area is 92.3 Å². The van der Waals surface area contributed by atoms with Gasteiger partial charge in [-0.1, -0.05) is 23.7 Å². The number of benzene rings is 1. The molecule has 0 bridgehead atoms. The first-order chi connectivity index (χ1) is 7.22. The zero-order chi connectivity index (χ0) is 10.8. The van der Waals surface area contributed by atoms with E-state index in [9.17, 15) is 4.79 Å². The van der Waals surface area contributed by atoms with E-state index in [0.717, 1.165) is 5.56 Å². The minimum atomic E-state index is -0.367. The van der Waals surface area contributed by atoms with Gasteiger partial charge in [0, 0.05) is 5.02 Å². The molecule has 78 valence electrons. The second-order valence-corrected chi connectivity index (χ2v) is 3.53. The summed E-state index contributed by atoms with van der Waals surface area (Å²) in [4.78, 5) is 11.5. The van der Waals surface area contributed by atoms with Crippen LogP contribution in [0.15, 0.2) is 30.0 Å². The number of halogens is 1. The van der Waals surface area contributed by atoms with Gasteiger partial charge < -0.3 is 9.47 Å². The van der Waals surface area contributed by atoms with Gasteiger partial charge in [-0.3, -0.25) is 0 Å². The van der Waals surface area contributed by atoms with Crippen molar-refractivity contribution >= 4 is 23.1 Å². The number of ether oxygens (including phenoxy) is 2. The normalized spacial score (nSPS) is 15.5. The van der Waals surface area contributed by atoms with Gasteiger partial charge in [-0.25, -0.2) is 4.79 Å². The average Bonchev–Trinajstić information content (AvgIpc) is 2.59. The molecule has 15 heavy (non-hydrogen) atoms. The molecule has 3 nitrogen and oxygen atoms in total. The average molecular weight is 225 g/mol. The first-order valence-electron chi connectivity index (χ1n) is 4.42. The molecule has 0 saturated carbocycles. The third-order valence-electron chi connectivity index (χ3n) is 2.18. The molecule has 1 aromatic carbocycles. The zero-order valence-corrected chi connectivity index (χ0v) is 8.88. The molecule has 1 heterocycles. The summed E-state index contributed by atoms with van der Waals surface area (Å²) in [6.07, 6.45) is 0. The van der Waals surface area contributed by atoms with Crippen molar-refractivity contribution in [2.45, 2.75) is 0 Å². The summed E-state index contributed by atoms with van der Waals surface area (Å²) in [5, 5.41) is 0.579. The van der Waals surface area contributed by atoms with E-state index >= 15 is 0 Å². The number of carbonyl (C=O) groups excluding carboxylic acids is 1. The lowest BCUT2D eigenvalue weighted by atomic mass is 10.1. The van der Waals surface area contributed by atoms with Crippen molar-refractivity contribution in [1.29, 1.82) is 0 Å². The predicted molar refractivity (Wildman–Crippen MR) is 56.3 cm³/mol. The van der Waals surface area contributed by atoms with Crippen LogP contribution >= 0.6 is 11.6 Å². The summed E-state index contributed by atoms with van der Waals surface area (Å²) >= 11 is 5.85. The van der Waals surface area contributed by atoms with Crippen molar-refractivity contribution < 1.29 is 14.3 Å². The van der Waals surface area contributed by atoms with Crippen LogP contribution in [0.3, 0.4) is 0 Å². The molecule has 0 spiro atoms. The molecular formula is C11H9ClO3. The van der Waals surface area contributed by atoms with Gasteiger partial charge >= 0.3 is 5.97 Å². The highest BCUT2D eigenvalue weighted by molar-refractivity contribution is 6.31. The van der Waals surface area contributed by atoms with Crippen molar-refractivity contribution in [3.8, 4) is 0 Å². The quantitative estimate of drug-likeness (QED) is 0.723. The summed E-state index contributed by atoms with van der Waals surface area (Å²) < 4.78 is 9.96. The molecule has 0 aromatic heterocycles. The Balaban J connectivity index is 2.49. The van der Waals surface area contributed by atoms with E-state index in [1.165, 1.54) is 7.11 Å². The van der Waals surface area contributed by atoms with Gasteiger partial charge in [0.15, 0.2) is 0 Å². The number of methoxy groups -OCH3 is 1. The molecule has 1 aliphatic heterocycles. The number of esters is 1. The standard InChI is InChI=1S/C11H9ClO3/c1-14-9-6-15-11(13)10(9)7-3-2-4-8(12)5-7/h2-5H,6H2,1H3. The highest BCUT2D eigenvalue weighted by Crippen LogP contribution is 2.27.